The maximum atomic E-state index is 4.73. The van der Waals surface area contributed by atoms with E-state index < -0.39 is 0 Å². The van der Waals surface area contributed by atoms with Crippen molar-refractivity contribution in [3.8, 4) is 0 Å². The topological polar surface area (TPSA) is 24.1 Å². The van der Waals surface area contributed by atoms with Crippen LogP contribution in [-0.4, -0.2) is 11.0 Å². The van der Waals surface area contributed by atoms with Crippen molar-refractivity contribution in [1.29, 1.82) is 0 Å². The molecule has 1 rings (SSSR count). The van der Waals surface area contributed by atoms with Crippen LogP contribution in [0.1, 0.15) is 16.7 Å². The van der Waals surface area contributed by atoms with Crippen molar-refractivity contribution >= 4 is 35.4 Å². The van der Waals surface area contributed by atoms with E-state index in [1.54, 1.807) is 5.49 Å². The van der Waals surface area contributed by atoms with Gasteiger partial charge in [0.15, 0.2) is 0 Å². The van der Waals surface area contributed by atoms with Crippen LogP contribution in [0, 0.1) is 6.92 Å². The third-order valence-corrected chi connectivity index (χ3v) is 2.51. The Morgan fingerprint density at radius 1 is 1.13 bits per heavy atom. The Morgan fingerprint density at radius 3 is 2.47 bits per heavy atom. The largest absolute Gasteiger partial charge is 0.378 e. The predicted molar refractivity (Wildman–Crippen MR) is 72.2 cm³/mol. The fraction of sp³-hybridized carbons (Fsp3) is 0.273. The SMILES string of the molecule is Cc1ccc(CNC=S)cc1CNC=S. The summed E-state index contributed by atoms with van der Waals surface area (Å²) in [4.78, 5) is 0. The van der Waals surface area contributed by atoms with Gasteiger partial charge in [-0.1, -0.05) is 42.6 Å². The van der Waals surface area contributed by atoms with Gasteiger partial charge >= 0.3 is 0 Å². The quantitative estimate of drug-likeness (QED) is 0.741. The molecule has 0 aliphatic carbocycles. The normalized spacial score (nSPS) is 9.40. The average Bonchev–Trinajstić information content (AvgIpc) is 2.26. The van der Waals surface area contributed by atoms with Crippen molar-refractivity contribution in [2.24, 2.45) is 0 Å². The minimum Gasteiger partial charge on any atom is -0.378 e. The molecule has 0 unspecified atom stereocenters. The van der Waals surface area contributed by atoms with E-state index in [1.807, 2.05) is 0 Å². The number of thiocarbonyl (C=S) groups is 2. The summed E-state index contributed by atoms with van der Waals surface area (Å²) in [6, 6.07) is 6.37. The monoisotopic (exact) mass is 238 g/mol. The smallest absolute Gasteiger partial charge is 0.0617 e. The highest BCUT2D eigenvalue weighted by atomic mass is 32.1. The van der Waals surface area contributed by atoms with Crippen LogP contribution in [0.5, 0.6) is 0 Å². The van der Waals surface area contributed by atoms with Gasteiger partial charge in [-0.05, 0) is 23.6 Å². The summed E-state index contributed by atoms with van der Waals surface area (Å²) in [5.41, 5.74) is 6.84. The second-order valence-electron chi connectivity index (χ2n) is 3.26. The summed E-state index contributed by atoms with van der Waals surface area (Å²) in [5, 5.41) is 6.04. The van der Waals surface area contributed by atoms with Crippen molar-refractivity contribution in [2.45, 2.75) is 20.0 Å². The Kier molecular flexibility index (Phi) is 5.21. The molecule has 0 aliphatic rings. The van der Waals surface area contributed by atoms with E-state index in [1.165, 1.54) is 22.2 Å². The summed E-state index contributed by atoms with van der Waals surface area (Å²) in [7, 11) is 0. The van der Waals surface area contributed by atoms with Crippen LogP contribution >= 0.6 is 24.4 Å². The van der Waals surface area contributed by atoms with Gasteiger partial charge in [-0.3, -0.25) is 0 Å². The minimum absolute atomic E-state index is 0.772. The molecule has 4 heteroatoms. The lowest BCUT2D eigenvalue weighted by Crippen LogP contribution is -2.12. The maximum absolute atomic E-state index is 4.73. The van der Waals surface area contributed by atoms with Crippen molar-refractivity contribution in [1.82, 2.24) is 10.6 Å². The predicted octanol–water partition coefficient (Wildman–Crippen LogP) is 2.09. The first kappa shape index (κ1) is 12.1. The number of hydrogen-bond acceptors (Lipinski definition) is 2. The standard InChI is InChI=1S/C11H14N2S2/c1-9-2-3-10(5-12-7-14)4-11(9)6-13-8-15/h2-4,7-8H,5-6H2,1H3,(H,12,14)(H,13,15). The number of aryl methyl sites for hydroxylation is 1. The van der Waals surface area contributed by atoms with Gasteiger partial charge in [0, 0.05) is 13.1 Å². The zero-order chi connectivity index (χ0) is 11.1. The number of nitrogens with one attached hydrogen (secondary N) is 2. The molecular weight excluding hydrogens is 224 g/mol. The third-order valence-electron chi connectivity index (χ3n) is 2.18. The van der Waals surface area contributed by atoms with E-state index in [-0.39, 0.29) is 0 Å². The molecule has 2 nitrogen and oxygen atoms in total. The van der Waals surface area contributed by atoms with Gasteiger partial charge in [0.05, 0.1) is 11.0 Å². The number of rotatable bonds is 6. The zero-order valence-corrected chi connectivity index (χ0v) is 10.3. The summed E-state index contributed by atoms with van der Waals surface area (Å²) >= 11 is 9.44. The Hall–Kier alpha value is -1.00. The number of benzene rings is 1. The summed E-state index contributed by atoms with van der Waals surface area (Å²) < 4.78 is 0. The third kappa shape index (κ3) is 3.93. The average molecular weight is 238 g/mol. The van der Waals surface area contributed by atoms with E-state index in [0.29, 0.717) is 0 Å². The van der Waals surface area contributed by atoms with E-state index in [9.17, 15) is 0 Å². The molecule has 1 aromatic rings. The second kappa shape index (κ2) is 6.48. The van der Waals surface area contributed by atoms with E-state index in [2.05, 4.69) is 35.8 Å². The van der Waals surface area contributed by atoms with E-state index in [0.717, 1.165) is 13.1 Å². The first-order valence-electron chi connectivity index (χ1n) is 4.70. The Morgan fingerprint density at radius 2 is 1.80 bits per heavy atom. The van der Waals surface area contributed by atoms with Crippen LogP contribution in [0.4, 0.5) is 0 Å². The lowest BCUT2D eigenvalue weighted by molar-refractivity contribution is 0.904. The number of hydrogen-bond donors (Lipinski definition) is 2. The molecule has 0 amide bonds. The molecule has 0 saturated heterocycles. The molecule has 0 saturated carbocycles. The summed E-state index contributed by atoms with van der Waals surface area (Å²) in [5.74, 6) is 0. The van der Waals surface area contributed by atoms with Gasteiger partial charge in [0.2, 0.25) is 0 Å². The van der Waals surface area contributed by atoms with Crippen molar-refractivity contribution < 1.29 is 0 Å². The molecule has 15 heavy (non-hydrogen) atoms. The fourth-order valence-electron chi connectivity index (χ4n) is 1.34. The molecule has 1 aromatic carbocycles. The molecule has 0 aliphatic heterocycles. The van der Waals surface area contributed by atoms with Gasteiger partial charge in [-0.25, -0.2) is 0 Å². The first-order valence-corrected chi connectivity index (χ1v) is 5.64. The van der Waals surface area contributed by atoms with Crippen LogP contribution in [0.15, 0.2) is 18.2 Å². The Balaban J connectivity index is 2.74. The molecule has 0 aromatic heterocycles. The fourth-order valence-corrected chi connectivity index (χ4v) is 1.50. The van der Waals surface area contributed by atoms with Crippen LogP contribution in [0.3, 0.4) is 0 Å². The van der Waals surface area contributed by atoms with Gasteiger partial charge in [0.25, 0.3) is 0 Å². The molecular formula is C11H14N2S2. The van der Waals surface area contributed by atoms with Crippen molar-refractivity contribution in [3.05, 3.63) is 34.9 Å². The molecule has 0 fully saturated rings. The van der Waals surface area contributed by atoms with Gasteiger partial charge in [-0.2, -0.15) is 0 Å². The first-order chi connectivity index (χ1) is 7.27. The lowest BCUT2D eigenvalue weighted by atomic mass is 10.1. The zero-order valence-electron chi connectivity index (χ0n) is 8.62. The molecule has 0 bridgehead atoms. The molecule has 0 spiro atoms. The molecule has 80 valence electrons. The molecule has 0 atom stereocenters. The van der Waals surface area contributed by atoms with Gasteiger partial charge in [0.1, 0.15) is 0 Å². The highest BCUT2D eigenvalue weighted by Crippen LogP contribution is 2.10. The molecule has 0 radical (unpaired) electrons. The van der Waals surface area contributed by atoms with Gasteiger partial charge in [-0.15, -0.1) is 0 Å². The Labute approximate surface area is 101 Å². The summed E-state index contributed by atoms with van der Waals surface area (Å²) in [6.45, 7) is 3.64. The van der Waals surface area contributed by atoms with E-state index in [4.69, 9.17) is 24.4 Å². The highest BCUT2D eigenvalue weighted by Gasteiger charge is 1.99. The van der Waals surface area contributed by atoms with Crippen LogP contribution < -0.4 is 10.6 Å². The van der Waals surface area contributed by atoms with E-state index >= 15 is 0 Å². The van der Waals surface area contributed by atoms with Crippen LogP contribution in [-0.2, 0) is 13.1 Å². The van der Waals surface area contributed by atoms with Crippen LogP contribution in [0.25, 0.3) is 0 Å². The lowest BCUT2D eigenvalue weighted by Gasteiger charge is -2.08. The van der Waals surface area contributed by atoms with Crippen LogP contribution in [0.2, 0.25) is 0 Å². The second-order valence-corrected chi connectivity index (χ2v) is 3.73. The van der Waals surface area contributed by atoms with Crippen molar-refractivity contribution in [3.63, 3.8) is 0 Å². The summed E-state index contributed by atoms with van der Waals surface area (Å²) in [6.07, 6.45) is 0. The molecule has 2 N–H and O–H groups in total. The Bertz CT molecular complexity index is 350. The maximum Gasteiger partial charge on any atom is 0.0617 e. The van der Waals surface area contributed by atoms with Gasteiger partial charge < -0.3 is 10.6 Å². The minimum atomic E-state index is 0.772. The highest BCUT2D eigenvalue weighted by molar-refractivity contribution is 7.79. The molecule has 0 heterocycles. The van der Waals surface area contributed by atoms with Crippen molar-refractivity contribution in [2.75, 3.05) is 0 Å².